The Balaban J connectivity index is 1.68. The summed E-state index contributed by atoms with van der Waals surface area (Å²) in [5, 5.41) is 14.6. The van der Waals surface area contributed by atoms with E-state index in [9.17, 15) is 4.79 Å². The quantitative estimate of drug-likeness (QED) is 0.762. The summed E-state index contributed by atoms with van der Waals surface area (Å²) in [7, 11) is 0. The van der Waals surface area contributed by atoms with Gasteiger partial charge in [-0.05, 0) is 42.8 Å². The summed E-state index contributed by atoms with van der Waals surface area (Å²) in [6.45, 7) is 1.99. The van der Waals surface area contributed by atoms with Gasteiger partial charge in [0.15, 0.2) is 0 Å². The zero-order valence-electron chi connectivity index (χ0n) is 13.5. The molecule has 0 saturated carbocycles. The van der Waals surface area contributed by atoms with Gasteiger partial charge in [-0.15, -0.1) is 0 Å². The lowest BCUT2D eigenvalue weighted by Crippen LogP contribution is -2.13. The van der Waals surface area contributed by atoms with E-state index in [4.69, 9.17) is 5.26 Å². The van der Waals surface area contributed by atoms with Crippen LogP contribution in [0.15, 0.2) is 60.9 Å². The predicted molar refractivity (Wildman–Crippen MR) is 95.6 cm³/mol. The van der Waals surface area contributed by atoms with E-state index < -0.39 is 0 Å². The number of anilines is 3. The lowest BCUT2D eigenvalue weighted by molar-refractivity contribution is 0.102. The zero-order valence-corrected chi connectivity index (χ0v) is 13.5. The highest BCUT2D eigenvalue weighted by Gasteiger charge is 2.08. The third kappa shape index (κ3) is 3.98. The fourth-order valence-corrected chi connectivity index (χ4v) is 2.17. The minimum atomic E-state index is -0.313. The van der Waals surface area contributed by atoms with Gasteiger partial charge in [0.05, 0.1) is 17.2 Å². The standard InChI is InChI=1S/C19H15N5O/c1-13-4-2-3-5-17(13)24-19-21-11-15(12-22-19)18(25)23-16-8-6-14(10-20)7-9-16/h2-9,11-12H,1H3,(H,23,25)(H,21,22,24). The van der Waals surface area contributed by atoms with Crippen LogP contribution in [-0.2, 0) is 0 Å². The van der Waals surface area contributed by atoms with Crippen molar-refractivity contribution in [2.24, 2.45) is 0 Å². The van der Waals surface area contributed by atoms with Gasteiger partial charge in [0, 0.05) is 23.8 Å². The first-order valence-corrected chi connectivity index (χ1v) is 7.62. The molecule has 1 aromatic heterocycles. The topological polar surface area (TPSA) is 90.7 Å². The first-order valence-electron chi connectivity index (χ1n) is 7.62. The molecule has 0 atom stereocenters. The molecule has 0 bridgehead atoms. The van der Waals surface area contributed by atoms with Crippen LogP contribution in [0.2, 0.25) is 0 Å². The number of nitrogens with one attached hydrogen (secondary N) is 2. The summed E-state index contributed by atoms with van der Waals surface area (Å²) < 4.78 is 0. The minimum Gasteiger partial charge on any atom is -0.324 e. The average molecular weight is 329 g/mol. The Morgan fingerprint density at radius 2 is 1.72 bits per heavy atom. The molecule has 0 aliphatic rings. The first-order chi connectivity index (χ1) is 12.2. The number of hydrogen-bond donors (Lipinski definition) is 2. The van der Waals surface area contributed by atoms with E-state index in [1.165, 1.54) is 12.4 Å². The van der Waals surface area contributed by atoms with E-state index in [1.54, 1.807) is 24.3 Å². The summed E-state index contributed by atoms with van der Waals surface area (Å²) in [6, 6.07) is 16.5. The van der Waals surface area contributed by atoms with Crippen molar-refractivity contribution in [2.75, 3.05) is 10.6 Å². The van der Waals surface area contributed by atoms with Gasteiger partial charge in [-0.3, -0.25) is 4.79 Å². The van der Waals surface area contributed by atoms with Gasteiger partial charge < -0.3 is 10.6 Å². The van der Waals surface area contributed by atoms with Crippen LogP contribution in [0.4, 0.5) is 17.3 Å². The number of carbonyl (C=O) groups excluding carboxylic acids is 1. The van der Waals surface area contributed by atoms with Crippen LogP contribution in [0.5, 0.6) is 0 Å². The molecule has 0 spiro atoms. The Morgan fingerprint density at radius 3 is 2.36 bits per heavy atom. The van der Waals surface area contributed by atoms with Crippen molar-refractivity contribution in [3.8, 4) is 6.07 Å². The molecule has 2 N–H and O–H groups in total. The molecule has 3 rings (SSSR count). The third-order valence-electron chi connectivity index (χ3n) is 3.58. The lowest BCUT2D eigenvalue weighted by atomic mass is 10.2. The lowest BCUT2D eigenvalue weighted by Gasteiger charge is -2.08. The third-order valence-corrected chi connectivity index (χ3v) is 3.58. The molecule has 2 aromatic carbocycles. The maximum atomic E-state index is 12.2. The SMILES string of the molecule is Cc1ccccc1Nc1ncc(C(=O)Nc2ccc(C#N)cc2)cn1. The monoisotopic (exact) mass is 329 g/mol. The molecule has 0 aliphatic heterocycles. The number of carbonyl (C=O) groups is 1. The van der Waals surface area contributed by atoms with Crippen molar-refractivity contribution in [1.29, 1.82) is 5.26 Å². The Bertz CT molecular complexity index is 927. The van der Waals surface area contributed by atoms with Gasteiger partial charge in [-0.25, -0.2) is 9.97 Å². The molecule has 0 unspecified atom stereocenters. The first kappa shape index (κ1) is 16.1. The van der Waals surface area contributed by atoms with Crippen molar-refractivity contribution < 1.29 is 4.79 Å². The Morgan fingerprint density at radius 1 is 1.04 bits per heavy atom. The molecule has 1 heterocycles. The summed E-state index contributed by atoms with van der Waals surface area (Å²) in [5.74, 6) is 0.108. The van der Waals surface area contributed by atoms with E-state index in [1.807, 2.05) is 37.3 Å². The number of benzene rings is 2. The summed E-state index contributed by atoms with van der Waals surface area (Å²) >= 11 is 0. The molecule has 0 radical (unpaired) electrons. The van der Waals surface area contributed by atoms with Gasteiger partial charge in [0.2, 0.25) is 5.95 Å². The summed E-state index contributed by atoms with van der Waals surface area (Å²) in [5.41, 5.74) is 3.48. The molecular formula is C19H15N5O. The smallest absolute Gasteiger partial charge is 0.258 e. The number of nitrogens with zero attached hydrogens (tertiary/aromatic N) is 3. The van der Waals surface area contributed by atoms with Crippen molar-refractivity contribution in [3.63, 3.8) is 0 Å². The second-order valence-electron chi connectivity index (χ2n) is 5.38. The largest absolute Gasteiger partial charge is 0.324 e. The number of rotatable bonds is 4. The minimum absolute atomic E-state index is 0.313. The number of nitriles is 1. The number of aromatic nitrogens is 2. The van der Waals surface area contributed by atoms with Crippen LogP contribution in [0.25, 0.3) is 0 Å². The predicted octanol–water partition coefficient (Wildman–Crippen LogP) is 3.65. The normalized spacial score (nSPS) is 9.92. The van der Waals surface area contributed by atoms with E-state index >= 15 is 0 Å². The van der Waals surface area contributed by atoms with Crippen molar-refractivity contribution >= 4 is 23.2 Å². The molecule has 0 aliphatic carbocycles. The fourth-order valence-electron chi connectivity index (χ4n) is 2.17. The van der Waals surface area contributed by atoms with Gasteiger partial charge in [0.1, 0.15) is 0 Å². The maximum Gasteiger partial charge on any atom is 0.258 e. The second kappa shape index (κ2) is 7.23. The Kier molecular flexibility index (Phi) is 4.67. The Labute approximate surface area is 145 Å². The number of amides is 1. The van der Waals surface area contributed by atoms with Crippen LogP contribution in [0, 0.1) is 18.3 Å². The van der Waals surface area contributed by atoms with Crippen molar-refractivity contribution in [2.45, 2.75) is 6.92 Å². The highest BCUT2D eigenvalue weighted by Crippen LogP contribution is 2.17. The molecule has 6 heteroatoms. The molecule has 1 amide bonds. The average Bonchev–Trinajstić information content (AvgIpc) is 2.65. The number of para-hydroxylation sites is 1. The molecule has 3 aromatic rings. The van der Waals surface area contributed by atoms with E-state index in [-0.39, 0.29) is 5.91 Å². The fraction of sp³-hybridized carbons (Fsp3) is 0.0526. The molecule has 25 heavy (non-hydrogen) atoms. The molecule has 122 valence electrons. The molecule has 6 nitrogen and oxygen atoms in total. The Hall–Kier alpha value is -3.72. The van der Waals surface area contributed by atoms with Crippen molar-refractivity contribution in [1.82, 2.24) is 9.97 Å². The van der Waals surface area contributed by atoms with Crippen molar-refractivity contribution in [3.05, 3.63) is 77.6 Å². The summed E-state index contributed by atoms with van der Waals surface area (Å²) in [6.07, 6.45) is 2.93. The van der Waals surface area contributed by atoms with Crippen LogP contribution in [0.3, 0.4) is 0 Å². The molecule has 0 saturated heterocycles. The van der Waals surface area contributed by atoms with Gasteiger partial charge >= 0.3 is 0 Å². The van der Waals surface area contributed by atoms with Crippen LogP contribution in [0.1, 0.15) is 21.5 Å². The maximum absolute atomic E-state index is 12.2. The highest BCUT2D eigenvalue weighted by molar-refractivity contribution is 6.03. The van der Waals surface area contributed by atoms with E-state index in [0.717, 1.165) is 11.3 Å². The van der Waals surface area contributed by atoms with Gasteiger partial charge in [-0.2, -0.15) is 5.26 Å². The van der Waals surface area contributed by atoms with E-state index in [0.29, 0.717) is 22.8 Å². The number of aryl methyl sites for hydroxylation is 1. The number of hydrogen-bond acceptors (Lipinski definition) is 5. The van der Waals surface area contributed by atoms with Gasteiger partial charge in [0.25, 0.3) is 5.91 Å². The molecule has 0 fully saturated rings. The van der Waals surface area contributed by atoms with Gasteiger partial charge in [-0.1, -0.05) is 18.2 Å². The highest BCUT2D eigenvalue weighted by atomic mass is 16.1. The van der Waals surface area contributed by atoms with Crippen LogP contribution >= 0.6 is 0 Å². The zero-order chi connectivity index (χ0) is 17.6. The van der Waals surface area contributed by atoms with Crippen LogP contribution in [-0.4, -0.2) is 15.9 Å². The molecular weight excluding hydrogens is 314 g/mol. The van der Waals surface area contributed by atoms with Crippen LogP contribution < -0.4 is 10.6 Å². The van der Waals surface area contributed by atoms with E-state index in [2.05, 4.69) is 20.6 Å². The second-order valence-corrected chi connectivity index (χ2v) is 5.38. The summed E-state index contributed by atoms with van der Waals surface area (Å²) in [4.78, 5) is 20.6.